The highest BCUT2D eigenvalue weighted by molar-refractivity contribution is 6.04. The fourth-order valence-corrected chi connectivity index (χ4v) is 5.86. The van der Waals surface area contributed by atoms with Crippen molar-refractivity contribution in [2.45, 2.75) is 37.9 Å². The number of nitrogens with zero attached hydrogens (tertiary/aromatic N) is 4. The predicted octanol–water partition coefficient (Wildman–Crippen LogP) is 5.73. The number of pyridine rings is 1. The molecule has 39 heavy (non-hydrogen) atoms. The number of anilines is 3. The maximum absolute atomic E-state index is 13.7. The van der Waals surface area contributed by atoms with Crippen molar-refractivity contribution >= 4 is 29.1 Å². The third-order valence-electron chi connectivity index (χ3n) is 7.90. The van der Waals surface area contributed by atoms with Gasteiger partial charge in [-0.1, -0.05) is 24.3 Å². The van der Waals surface area contributed by atoms with E-state index >= 15 is 0 Å². The zero-order valence-electron chi connectivity index (χ0n) is 21.4. The molecule has 0 radical (unpaired) electrons. The number of alkyl halides is 3. The van der Waals surface area contributed by atoms with E-state index in [2.05, 4.69) is 10.2 Å². The topological polar surface area (TPSA) is 68.8 Å². The lowest BCUT2D eigenvalue weighted by atomic mass is 9.98. The first-order valence-corrected chi connectivity index (χ1v) is 13.1. The van der Waals surface area contributed by atoms with Gasteiger partial charge in [-0.3, -0.25) is 9.69 Å². The number of nitrogens with one attached hydrogen (secondary N) is 1. The Balaban J connectivity index is 1.28. The van der Waals surface area contributed by atoms with Crippen LogP contribution in [-0.4, -0.2) is 54.0 Å². The lowest BCUT2D eigenvalue weighted by molar-refractivity contribution is -0.137. The van der Waals surface area contributed by atoms with Gasteiger partial charge in [0.1, 0.15) is 0 Å². The Bertz CT molecular complexity index is 1440. The van der Waals surface area contributed by atoms with Crippen LogP contribution >= 0.6 is 0 Å². The second-order valence-electron chi connectivity index (χ2n) is 10.4. The molecule has 2 bridgehead atoms. The Morgan fingerprint density at radius 1 is 0.974 bits per heavy atom. The fraction of sp³-hybridized carbons (Fsp3) is 0.345. The van der Waals surface area contributed by atoms with Gasteiger partial charge in [-0.25, -0.2) is 9.78 Å². The molecule has 2 atom stereocenters. The number of hydrogen-bond acceptors (Lipinski definition) is 4. The monoisotopic (exact) mass is 535 g/mol. The van der Waals surface area contributed by atoms with E-state index in [1.165, 1.54) is 6.07 Å². The number of benzene rings is 2. The van der Waals surface area contributed by atoms with E-state index in [9.17, 15) is 22.8 Å². The zero-order valence-corrected chi connectivity index (χ0v) is 21.4. The van der Waals surface area contributed by atoms with Crippen LogP contribution in [0.15, 0.2) is 60.7 Å². The van der Waals surface area contributed by atoms with Crippen LogP contribution in [0.3, 0.4) is 0 Å². The standard InChI is InChI=1S/C29H28F3N5O2/c1-18(38)35-12-10-21(16-35)19-4-3-7-23(15-19)33-28(39)37-24-11-13-36(17-24)26-9-8-25(34-27(26)37)20-5-2-6-22(14-20)29(30,31)32/h2-9,14-15,21,24H,10-13,16-17H2,1H3,(H,33,39)/t21?,24-/m0/s1. The molecule has 3 aromatic rings. The summed E-state index contributed by atoms with van der Waals surface area (Å²) in [5.41, 5.74) is 2.47. The number of carbonyl (C=O) groups is 2. The highest BCUT2D eigenvalue weighted by atomic mass is 19.4. The van der Waals surface area contributed by atoms with E-state index in [0.717, 1.165) is 49.3 Å². The van der Waals surface area contributed by atoms with Crippen LogP contribution in [0.4, 0.5) is 35.2 Å². The molecule has 10 heteroatoms. The van der Waals surface area contributed by atoms with Crippen LogP contribution in [0.25, 0.3) is 11.3 Å². The van der Waals surface area contributed by atoms with E-state index in [0.29, 0.717) is 35.9 Å². The minimum atomic E-state index is -4.46. The highest BCUT2D eigenvalue weighted by Crippen LogP contribution is 2.41. The molecule has 3 amide bonds. The van der Waals surface area contributed by atoms with Crippen molar-refractivity contribution in [1.29, 1.82) is 0 Å². The number of aromatic nitrogens is 1. The zero-order chi connectivity index (χ0) is 27.3. The molecule has 6 rings (SSSR count). The number of rotatable bonds is 3. The van der Waals surface area contributed by atoms with Crippen molar-refractivity contribution in [3.8, 4) is 11.3 Å². The largest absolute Gasteiger partial charge is 0.416 e. The van der Waals surface area contributed by atoms with Gasteiger partial charge in [-0.15, -0.1) is 0 Å². The third-order valence-corrected chi connectivity index (χ3v) is 7.90. The first-order chi connectivity index (χ1) is 18.7. The van der Waals surface area contributed by atoms with E-state index < -0.39 is 11.7 Å². The molecule has 2 aromatic carbocycles. The van der Waals surface area contributed by atoms with Crippen LogP contribution < -0.4 is 15.1 Å². The van der Waals surface area contributed by atoms with Crippen LogP contribution in [0.5, 0.6) is 0 Å². The summed E-state index contributed by atoms with van der Waals surface area (Å²) in [6.45, 7) is 4.40. The molecule has 4 heterocycles. The summed E-state index contributed by atoms with van der Waals surface area (Å²) in [6, 6.07) is 15.9. The molecular formula is C29H28F3N5O2. The predicted molar refractivity (Wildman–Crippen MR) is 143 cm³/mol. The number of likely N-dealkylation sites (tertiary alicyclic amines) is 1. The Morgan fingerprint density at radius 3 is 2.56 bits per heavy atom. The average Bonchev–Trinajstić information content (AvgIpc) is 3.57. The smallest absolute Gasteiger partial charge is 0.366 e. The Hall–Kier alpha value is -4.08. The van der Waals surface area contributed by atoms with Crippen molar-refractivity contribution in [2.75, 3.05) is 41.3 Å². The van der Waals surface area contributed by atoms with Crippen LogP contribution in [0, 0.1) is 0 Å². The maximum Gasteiger partial charge on any atom is 0.416 e. The van der Waals surface area contributed by atoms with Gasteiger partial charge in [0.15, 0.2) is 5.82 Å². The lowest BCUT2D eigenvalue weighted by Gasteiger charge is -2.36. The fourth-order valence-electron chi connectivity index (χ4n) is 5.86. The normalized spacial score (nSPS) is 20.3. The van der Waals surface area contributed by atoms with Crippen molar-refractivity contribution < 1.29 is 22.8 Å². The van der Waals surface area contributed by atoms with Gasteiger partial charge in [0.2, 0.25) is 5.91 Å². The van der Waals surface area contributed by atoms with Gasteiger partial charge >= 0.3 is 12.2 Å². The number of halogens is 3. The molecule has 7 nitrogen and oxygen atoms in total. The average molecular weight is 536 g/mol. The van der Waals surface area contributed by atoms with E-state index in [1.54, 1.807) is 24.0 Å². The van der Waals surface area contributed by atoms with Crippen molar-refractivity contribution in [2.24, 2.45) is 0 Å². The second-order valence-corrected chi connectivity index (χ2v) is 10.4. The summed E-state index contributed by atoms with van der Waals surface area (Å²) in [6.07, 6.45) is -2.82. The molecule has 2 fully saturated rings. The number of carbonyl (C=O) groups excluding carboxylic acids is 2. The Labute approximate surface area is 224 Å². The summed E-state index contributed by atoms with van der Waals surface area (Å²) in [4.78, 5) is 35.8. The summed E-state index contributed by atoms with van der Waals surface area (Å²) in [7, 11) is 0. The molecule has 0 aliphatic carbocycles. The van der Waals surface area contributed by atoms with E-state index in [4.69, 9.17) is 4.98 Å². The molecule has 3 aliphatic heterocycles. The molecule has 0 saturated carbocycles. The summed E-state index contributed by atoms with van der Waals surface area (Å²) in [5.74, 6) is 0.718. The number of fused-ring (bicyclic) bond motifs is 4. The van der Waals surface area contributed by atoms with Gasteiger partial charge in [0.05, 0.1) is 23.0 Å². The maximum atomic E-state index is 13.7. The lowest BCUT2D eigenvalue weighted by Crippen LogP contribution is -2.48. The van der Waals surface area contributed by atoms with Gasteiger partial charge in [-0.05, 0) is 54.8 Å². The quantitative estimate of drug-likeness (QED) is 0.465. The van der Waals surface area contributed by atoms with Crippen LogP contribution in [-0.2, 0) is 11.0 Å². The molecule has 2 saturated heterocycles. The molecule has 202 valence electrons. The Morgan fingerprint density at radius 2 is 1.79 bits per heavy atom. The third kappa shape index (κ3) is 4.79. The molecule has 1 N–H and O–H groups in total. The second kappa shape index (κ2) is 9.59. The number of amides is 3. The van der Waals surface area contributed by atoms with Crippen LogP contribution in [0.2, 0.25) is 0 Å². The first kappa shape index (κ1) is 25.2. The molecule has 3 aliphatic rings. The van der Waals surface area contributed by atoms with Crippen molar-refractivity contribution in [1.82, 2.24) is 9.88 Å². The number of hydrogen-bond donors (Lipinski definition) is 1. The van der Waals surface area contributed by atoms with E-state index in [-0.39, 0.29) is 23.9 Å². The van der Waals surface area contributed by atoms with Crippen molar-refractivity contribution in [3.05, 3.63) is 71.8 Å². The minimum Gasteiger partial charge on any atom is -0.366 e. The summed E-state index contributed by atoms with van der Waals surface area (Å²) >= 11 is 0. The molecular weight excluding hydrogens is 507 g/mol. The molecule has 1 aromatic heterocycles. The van der Waals surface area contributed by atoms with Gasteiger partial charge in [0.25, 0.3) is 0 Å². The van der Waals surface area contributed by atoms with Gasteiger partial charge in [-0.2, -0.15) is 13.2 Å². The molecule has 0 spiro atoms. The van der Waals surface area contributed by atoms with Crippen LogP contribution in [0.1, 0.15) is 36.8 Å². The van der Waals surface area contributed by atoms with E-state index in [1.807, 2.05) is 35.2 Å². The van der Waals surface area contributed by atoms with Gasteiger partial charge in [0, 0.05) is 50.3 Å². The minimum absolute atomic E-state index is 0.0633. The SMILES string of the molecule is CC(=O)N1CCC(c2cccc(NC(=O)N3c4nc(-c5cccc(C(F)(F)F)c5)ccc4N4CC[C@H]3C4)c2)C1. The summed E-state index contributed by atoms with van der Waals surface area (Å²) in [5, 5.41) is 3.02. The summed E-state index contributed by atoms with van der Waals surface area (Å²) < 4.78 is 40.0. The Kier molecular flexibility index (Phi) is 6.20. The first-order valence-electron chi connectivity index (χ1n) is 13.1. The van der Waals surface area contributed by atoms with Gasteiger partial charge < -0.3 is 15.1 Å². The van der Waals surface area contributed by atoms with Crippen molar-refractivity contribution in [3.63, 3.8) is 0 Å². The highest BCUT2D eigenvalue weighted by Gasteiger charge is 2.40. The molecule has 1 unspecified atom stereocenters. The number of urea groups is 1.